The number of benzene rings is 1. The van der Waals surface area contributed by atoms with Crippen LogP contribution < -0.4 is 4.72 Å². The van der Waals surface area contributed by atoms with E-state index in [1.54, 1.807) is 36.9 Å². The van der Waals surface area contributed by atoms with Crippen molar-refractivity contribution in [3.63, 3.8) is 0 Å². The van der Waals surface area contributed by atoms with E-state index in [9.17, 15) is 13.2 Å². The second-order valence-electron chi connectivity index (χ2n) is 6.96. The van der Waals surface area contributed by atoms with Gasteiger partial charge in [-0.1, -0.05) is 17.7 Å². The van der Waals surface area contributed by atoms with Crippen LogP contribution in [0.3, 0.4) is 0 Å². The highest BCUT2D eigenvalue weighted by Crippen LogP contribution is 2.34. The number of hydrogen-bond donors (Lipinski definition) is 1. The van der Waals surface area contributed by atoms with Gasteiger partial charge in [0.1, 0.15) is 4.90 Å². The average Bonchev–Trinajstić information content (AvgIpc) is 3.44. The molecule has 0 spiro atoms. The maximum atomic E-state index is 12.9. The van der Waals surface area contributed by atoms with Crippen molar-refractivity contribution in [2.45, 2.75) is 31.6 Å². The Balaban J connectivity index is 1.60. The van der Waals surface area contributed by atoms with Crippen LogP contribution in [0.2, 0.25) is 5.02 Å². The van der Waals surface area contributed by atoms with Crippen molar-refractivity contribution in [2.75, 3.05) is 17.8 Å². The van der Waals surface area contributed by atoms with E-state index in [1.165, 1.54) is 17.4 Å². The number of thiophene rings is 1. The minimum absolute atomic E-state index is 0.0879. The van der Waals surface area contributed by atoms with Crippen molar-refractivity contribution in [1.82, 2.24) is 15.1 Å². The molecule has 0 atom stereocenters. The standard InChI is InChI=1S/C19H19ClN4O4S2/c1-11-13(20)6-5-7-14(11)23-30(26,27)16-10-15(29-12(16)2)17-21-22-18(28-17)19(25)24-8-3-4-9-24/h5-7,10,23H,3-4,8-9H2,1-2H3. The van der Waals surface area contributed by atoms with E-state index in [2.05, 4.69) is 14.9 Å². The molecular weight excluding hydrogens is 448 g/mol. The van der Waals surface area contributed by atoms with Crippen LogP contribution in [0.4, 0.5) is 5.69 Å². The second-order valence-corrected chi connectivity index (χ2v) is 10.3. The van der Waals surface area contributed by atoms with Gasteiger partial charge in [0.15, 0.2) is 0 Å². The highest BCUT2D eigenvalue weighted by Gasteiger charge is 2.27. The van der Waals surface area contributed by atoms with Gasteiger partial charge in [-0.05, 0) is 50.5 Å². The Morgan fingerprint density at radius 3 is 2.70 bits per heavy atom. The molecule has 1 aromatic carbocycles. The third-order valence-corrected chi connectivity index (χ3v) is 7.95. The fourth-order valence-electron chi connectivity index (χ4n) is 3.22. The van der Waals surface area contributed by atoms with Gasteiger partial charge < -0.3 is 9.32 Å². The van der Waals surface area contributed by atoms with Crippen LogP contribution in [0.1, 0.15) is 34.0 Å². The Kier molecular flexibility index (Phi) is 5.56. The van der Waals surface area contributed by atoms with Crippen LogP contribution in [0.15, 0.2) is 33.6 Å². The lowest BCUT2D eigenvalue weighted by Crippen LogP contribution is -2.27. The molecule has 1 saturated heterocycles. The topological polar surface area (TPSA) is 105 Å². The summed E-state index contributed by atoms with van der Waals surface area (Å²) in [4.78, 5) is 15.2. The second kappa shape index (κ2) is 8.01. The minimum Gasteiger partial charge on any atom is -0.411 e. The van der Waals surface area contributed by atoms with Gasteiger partial charge in [-0.15, -0.1) is 21.5 Å². The van der Waals surface area contributed by atoms with E-state index in [0.29, 0.717) is 39.1 Å². The summed E-state index contributed by atoms with van der Waals surface area (Å²) in [5.74, 6) is -0.272. The number of sulfonamides is 1. The van der Waals surface area contributed by atoms with Crippen LogP contribution in [0, 0.1) is 13.8 Å². The molecular formula is C19H19ClN4O4S2. The molecule has 158 valence electrons. The van der Waals surface area contributed by atoms with Crippen molar-refractivity contribution in [3.8, 4) is 10.8 Å². The summed E-state index contributed by atoms with van der Waals surface area (Å²) in [6, 6.07) is 6.49. The van der Waals surface area contributed by atoms with E-state index in [0.717, 1.165) is 12.8 Å². The third-order valence-electron chi connectivity index (χ3n) is 4.89. The number of likely N-dealkylation sites (tertiary alicyclic amines) is 1. The van der Waals surface area contributed by atoms with Gasteiger partial charge in [0, 0.05) is 23.0 Å². The lowest BCUT2D eigenvalue weighted by atomic mass is 10.2. The summed E-state index contributed by atoms with van der Waals surface area (Å²) in [5, 5.41) is 8.26. The van der Waals surface area contributed by atoms with Crippen LogP contribution in [0.25, 0.3) is 10.8 Å². The molecule has 0 bridgehead atoms. The molecule has 3 aromatic rings. The molecule has 2 aromatic heterocycles. The zero-order chi connectivity index (χ0) is 21.5. The van der Waals surface area contributed by atoms with E-state index in [1.807, 2.05) is 0 Å². The maximum Gasteiger partial charge on any atom is 0.311 e. The fourth-order valence-corrected chi connectivity index (χ4v) is 6.03. The highest BCUT2D eigenvalue weighted by atomic mass is 35.5. The Bertz CT molecular complexity index is 1210. The number of aryl methyl sites for hydroxylation is 1. The number of rotatable bonds is 5. The van der Waals surface area contributed by atoms with Crippen molar-refractivity contribution < 1.29 is 17.6 Å². The van der Waals surface area contributed by atoms with Crippen molar-refractivity contribution >= 4 is 44.6 Å². The molecule has 0 radical (unpaired) electrons. The molecule has 1 amide bonds. The predicted molar refractivity (Wildman–Crippen MR) is 114 cm³/mol. The van der Waals surface area contributed by atoms with E-state index >= 15 is 0 Å². The van der Waals surface area contributed by atoms with Crippen LogP contribution in [-0.2, 0) is 10.0 Å². The molecule has 1 aliphatic heterocycles. The highest BCUT2D eigenvalue weighted by molar-refractivity contribution is 7.93. The lowest BCUT2D eigenvalue weighted by molar-refractivity contribution is 0.0754. The summed E-state index contributed by atoms with van der Waals surface area (Å²) in [7, 11) is -3.86. The smallest absolute Gasteiger partial charge is 0.311 e. The predicted octanol–water partition coefficient (Wildman–Crippen LogP) is 4.11. The molecule has 4 rings (SSSR count). The van der Waals surface area contributed by atoms with E-state index in [4.69, 9.17) is 16.0 Å². The number of hydrogen-bond acceptors (Lipinski definition) is 7. The lowest BCUT2D eigenvalue weighted by Gasteiger charge is -2.11. The summed E-state index contributed by atoms with van der Waals surface area (Å²) in [5.41, 5.74) is 1.05. The van der Waals surface area contributed by atoms with Gasteiger partial charge in [0.25, 0.3) is 15.9 Å². The molecule has 11 heteroatoms. The summed E-state index contributed by atoms with van der Waals surface area (Å²) < 4.78 is 34.0. The zero-order valence-electron chi connectivity index (χ0n) is 16.3. The number of nitrogens with zero attached hydrogens (tertiary/aromatic N) is 3. The fraction of sp³-hybridized carbons (Fsp3) is 0.316. The summed E-state index contributed by atoms with van der Waals surface area (Å²) >= 11 is 7.29. The summed E-state index contributed by atoms with van der Waals surface area (Å²) in [6.07, 6.45) is 1.91. The van der Waals surface area contributed by atoms with Crippen LogP contribution in [-0.4, -0.2) is 42.5 Å². The molecule has 3 heterocycles. The average molecular weight is 467 g/mol. The zero-order valence-corrected chi connectivity index (χ0v) is 18.7. The van der Waals surface area contributed by atoms with Gasteiger partial charge in [-0.3, -0.25) is 9.52 Å². The van der Waals surface area contributed by atoms with Crippen molar-refractivity contribution in [1.29, 1.82) is 0 Å². The first-order valence-corrected chi connectivity index (χ1v) is 12.0. The number of amides is 1. The third kappa shape index (κ3) is 3.94. The maximum absolute atomic E-state index is 12.9. The summed E-state index contributed by atoms with van der Waals surface area (Å²) in [6.45, 7) is 4.78. The molecule has 1 N–H and O–H groups in total. The molecule has 0 unspecified atom stereocenters. The van der Waals surface area contributed by atoms with Crippen LogP contribution >= 0.6 is 22.9 Å². The van der Waals surface area contributed by atoms with Crippen molar-refractivity contribution in [3.05, 3.63) is 45.6 Å². The van der Waals surface area contributed by atoms with E-state index in [-0.39, 0.29) is 22.6 Å². The van der Waals surface area contributed by atoms with E-state index < -0.39 is 10.0 Å². The van der Waals surface area contributed by atoms with Gasteiger partial charge in [-0.2, -0.15) is 0 Å². The van der Waals surface area contributed by atoms with Crippen molar-refractivity contribution in [2.24, 2.45) is 0 Å². The monoisotopic (exact) mass is 466 g/mol. The number of carbonyl (C=O) groups excluding carboxylic acids is 1. The first-order chi connectivity index (χ1) is 14.3. The number of anilines is 1. The minimum atomic E-state index is -3.86. The Morgan fingerprint density at radius 1 is 1.23 bits per heavy atom. The molecule has 0 saturated carbocycles. The number of aromatic nitrogens is 2. The Hall–Kier alpha value is -2.43. The Labute approximate surface area is 182 Å². The Morgan fingerprint density at radius 2 is 1.97 bits per heavy atom. The largest absolute Gasteiger partial charge is 0.411 e. The quantitative estimate of drug-likeness (QED) is 0.606. The number of nitrogens with one attached hydrogen (secondary N) is 1. The van der Waals surface area contributed by atoms with Crippen LogP contribution in [0.5, 0.6) is 0 Å². The molecule has 1 fully saturated rings. The van der Waals surface area contributed by atoms with Gasteiger partial charge in [0.05, 0.1) is 10.6 Å². The molecule has 30 heavy (non-hydrogen) atoms. The molecule has 1 aliphatic rings. The number of halogens is 1. The van der Waals surface area contributed by atoms with Gasteiger partial charge in [-0.25, -0.2) is 8.42 Å². The normalized spacial score (nSPS) is 14.3. The number of carbonyl (C=O) groups is 1. The molecule has 0 aliphatic carbocycles. The first kappa shape index (κ1) is 20.8. The first-order valence-electron chi connectivity index (χ1n) is 9.28. The van der Waals surface area contributed by atoms with Gasteiger partial charge >= 0.3 is 11.8 Å². The SMILES string of the molecule is Cc1sc(-c2nnc(C(=O)N3CCCC3)o2)cc1S(=O)(=O)Nc1cccc(Cl)c1C. The van der Waals surface area contributed by atoms with Gasteiger partial charge in [0.2, 0.25) is 0 Å². The molecule has 8 nitrogen and oxygen atoms in total.